The molecule has 4 nitrogen and oxygen atoms in total. The Bertz CT molecular complexity index is 624. The molecule has 1 aliphatic carbocycles. The minimum Gasteiger partial charge on any atom is -0.365 e. The first-order valence-corrected chi connectivity index (χ1v) is 11.6. The molecule has 0 aliphatic heterocycles. The number of hydrogen-bond acceptors (Lipinski definition) is 3. The van der Waals surface area contributed by atoms with E-state index in [9.17, 15) is 9.59 Å². The van der Waals surface area contributed by atoms with Gasteiger partial charge in [-0.15, -0.1) is 11.3 Å². The van der Waals surface area contributed by atoms with Gasteiger partial charge in [0.2, 0.25) is 5.91 Å². The zero-order valence-corrected chi connectivity index (χ0v) is 17.9. The number of primary amides is 1. The summed E-state index contributed by atoms with van der Waals surface area (Å²) in [5.74, 6) is 0.275. The van der Waals surface area contributed by atoms with Crippen LogP contribution in [0.5, 0.6) is 0 Å². The van der Waals surface area contributed by atoms with Crippen LogP contribution in [0.25, 0.3) is 0 Å². The molecule has 0 aromatic carbocycles. The van der Waals surface area contributed by atoms with Crippen molar-refractivity contribution >= 4 is 28.2 Å². The largest absolute Gasteiger partial charge is 0.365 e. The van der Waals surface area contributed by atoms with E-state index in [0.29, 0.717) is 22.9 Å². The van der Waals surface area contributed by atoms with Crippen molar-refractivity contribution in [2.45, 2.75) is 97.3 Å². The summed E-state index contributed by atoms with van der Waals surface area (Å²) >= 11 is 1.56. The highest BCUT2D eigenvalue weighted by Crippen LogP contribution is 2.40. The lowest BCUT2D eigenvalue weighted by atomic mass is 9.85. The molecule has 2 amide bonds. The smallest absolute Gasteiger partial charge is 0.251 e. The minimum absolute atomic E-state index is 0.00845. The molecule has 1 aliphatic rings. The predicted octanol–water partition coefficient (Wildman–Crippen LogP) is 5.83. The number of anilines is 1. The predicted molar refractivity (Wildman–Crippen MR) is 114 cm³/mol. The number of carbonyl (C=O) groups excluding carboxylic acids is 2. The highest BCUT2D eigenvalue weighted by atomic mass is 32.1. The second kappa shape index (κ2) is 11.5. The van der Waals surface area contributed by atoms with E-state index in [4.69, 9.17) is 5.73 Å². The molecule has 1 aromatic heterocycles. The third-order valence-corrected chi connectivity index (χ3v) is 6.87. The molecule has 1 atom stereocenters. The van der Waals surface area contributed by atoms with Crippen LogP contribution in [0.2, 0.25) is 0 Å². The van der Waals surface area contributed by atoms with Crippen molar-refractivity contribution < 1.29 is 9.59 Å². The van der Waals surface area contributed by atoms with Gasteiger partial charge in [-0.25, -0.2) is 0 Å². The Morgan fingerprint density at radius 3 is 2.37 bits per heavy atom. The van der Waals surface area contributed by atoms with Gasteiger partial charge in [0, 0.05) is 11.3 Å². The van der Waals surface area contributed by atoms with Crippen LogP contribution >= 0.6 is 11.3 Å². The fourth-order valence-corrected chi connectivity index (χ4v) is 5.34. The summed E-state index contributed by atoms with van der Waals surface area (Å²) in [6.45, 7) is 4.44. The molecule has 0 fully saturated rings. The van der Waals surface area contributed by atoms with Crippen LogP contribution in [0.4, 0.5) is 5.00 Å². The molecule has 1 aromatic rings. The average molecular weight is 393 g/mol. The van der Waals surface area contributed by atoms with E-state index in [1.54, 1.807) is 11.3 Å². The fourth-order valence-electron chi connectivity index (χ4n) is 3.96. The van der Waals surface area contributed by atoms with Gasteiger partial charge in [-0.1, -0.05) is 65.2 Å². The number of fused-ring (bicyclic) bond motifs is 1. The molecule has 3 N–H and O–H groups in total. The summed E-state index contributed by atoms with van der Waals surface area (Å²) in [5, 5.41) is 3.65. The van der Waals surface area contributed by atoms with Crippen LogP contribution in [-0.4, -0.2) is 11.8 Å². The van der Waals surface area contributed by atoms with Crippen LogP contribution in [0.3, 0.4) is 0 Å². The summed E-state index contributed by atoms with van der Waals surface area (Å²) in [6, 6.07) is 0. The van der Waals surface area contributed by atoms with Crippen LogP contribution in [0.15, 0.2) is 0 Å². The Balaban J connectivity index is 1.81. The zero-order chi connectivity index (χ0) is 19.6. The number of carbonyl (C=O) groups is 2. The summed E-state index contributed by atoms with van der Waals surface area (Å²) in [7, 11) is 0. The molecule has 0 saturated carbocycles. The average Bonchev–Trinajstić information content (AvgIpc) is 3.00. The number of rotatable bonds is 12. The Kier molecular flexibility index (Phi) is 9.32. The Morgan fingerprint density at radius 1 is 1.07 bits per heavy atom. The molecule has 1 heterocycles. The maximum atomic E-state index is 12.3. The number of amides is 2. The molecular weight excluding hydrogens is 356 g/mol. The Hall–Kier alpha value is -1.36. The number of nitrogens with two attached hydrogens (primary N) is 1. The van der Waals surface area contributed by atoms with Crippen molar-refractivity contribution in [3.05, 3.63) is 16.0 Å². The van der Waals surface area contributed by atoms with E-state index in [1.807, 2.05) is 0 Å². The van der Waals surface area contributed by atoms with Gasteiger partial charge in [-0.3, -0.25) is 9.59 Å². The summed E-state index contributed by atoms with van der Waals surface area (Å²) in [6.07, 6.45) is 14.4. The normalized spacial score (nSPS) is 16.1. The van der Waals surface area contributed by atoms with Gasteiger partial charge < -0.3 is 11.1 Å². The number of unbranched alkanes of at least 4 members (excludes halogenated alkanes) is 7. The second-order valence-electron chi connectivity index (χ2n) is 7.86. The topological polar surface area (TPSA) is 72.2 Å². The standard InChI is InChI=1S/C22H36N2O2S/c1-3-5-6-7-8-9-10-11-12-19(25)24-22-20(21(23)26)17-14-13-16(4-2)15-18(17)27-22/h16H,3-15H2,1-2H3,(H2,23,26)(H,24,25). The summed E-state index contributed by atoms with van der Waals surface area (Å²) in [4.78, 5) is 25.6. The molecule has 2 rings (SSSR count). The highest BCUT2D eigenvalue weighted by molar-refractivity contribution is 7.17. The van der Waals surface area contributed by atoms with Gasteiger partial charge in [-0.05, 0) is 37.2 Å². The minimum atomic E-state index is -0.412. The van der Waals surface area contributed by atoms with Crippen molar-refractivity contribution in [1.29, 1.82) is 0 Å². The number of hydrogen-bond donors (Lipinski definition) is 2. The van der Waals surface area contributed by atoms with Crippen LogP contribution in [0.1, 0.15) is 105 Å². The zero-order valence-electron chi connectivity index (χ0n) is 17.1. The lowest BCUT2D eigenvalue weighted by molar-refractivity contribution is -0.116. The lowest BCUT2D eigenvalue weighted by Gasteiger charge is -2.20. The lowest BCUT2D eigenvalue weighted by Crippen LogP contribution is -2.19. The molecule has 0 saturated heterocycles. The van der Waals surface area contributed by atoms with E-state index in [0.717, 1.165) is 44.1 Å². The number of thiophene rings is 1. The molecular formula is C22H36N2O2S. The van der Waals surface area contributed by atoms with Crippen molar-refractivity contribution in [1.82, 2.24) is 0 Å². The van der Waals surface area contributed by atoms with E-state index < -0.39 is 5.91 Å². The first kappa shape index (κ1) is 21.9. The van der Waals surface area contributed by atoms with Gasteiger partial charge in [0.05, 0.1) is 5.56 Å². The van der Waals surface area contributed by atoms with Gasteiger partial charge in [0.25, 0.3) is 5.91 Å². The summed E-state index contributed by atoms with van der Waals surface area (Å²) < 4.78 is 0. The van der Waals surface area contributed by atoms with Crippen molar-refractivity contribution in [2.24, 2.45) is 11.7 Å². The fraction of sp³-hybridized carbons (Fsp3) is 0.727. The molecule has 152 valence electrons. The molecule has 27 heavy (non-hydrogen) atoms. The molecule has 0 spiro atoms. The third kappa shape index (κ3) is 6.63. The second-order valence-corrected chi connectivity index (χ2v) is 8.97. The maximum absolute atomic E-state index is 12.3. The number of nitrogens with one attached hydrogen (secondary N) is 1. The van der Waals surface area contributed by atoms with Gasteiger partial charge in [-0.2, -0.15) is 0 Å². The first-order chi connectivity index (χ1) is 13.1. The van der Waals surface area contributed by atoms with E-state index in [-0.39, 0.29) is 5.91 Å². The van der Waals surface area contributed by atoms with Gasteiger partial charge >= 0.3 is 0 Å². The monoisotopic (exact) mass is 392 g/mol. The molecule has 5 heteroatoms. The Labute approximate surface area is 168 Å². The molecule has 0 radical (unpaired) electrons. The van der Waals surface area contributed by atoms with Crippen LogP contribution in [0, 0.1) is 5.92 Å². The highest BCUT2D eigenvalue weighted by Gasteiger charge is 2.27. The van der Waals surface area contributed by atoms with Gasteiger partial charge in [0.1, 0.15) is 5.00 Å². The van der Waals surface area contributed by atoms with Crippen LogP contribution in [-0.2, 0) is 17.6 Å². The maximum Gasteiger partial charge on any atom is 0.251 e. The van der Waals surface area contributed by atoms with E-state index in [2.05, 4.69) is 19.2 Å². The SMILES string of the molecule is CCCCCCCCCCC(=O)Nc1sc2c(c1C(N)=O)CCC(CC)C2. The van der Waals surface area contributed by atoms with Crippen molar-refractivity contribution in [2.75, 3.05) is 5.32 Å². The quantitative estimate of drug-likeness (QED) is 0.439. The van der Waals surface area contributed by atoms with Crippen molar-refractivity contribution in [3.8, 4) is 0 Å². The van der Waals surface area contributed by atoms with Crippen molar-refractivity contribution in [3.63, 3.8) is 0 Å². The van der Waals surface area contributed by atoms with E-state index in [1.165, 1.54) is 43.4 Å². The van der Waals surface area contributed by atoms with Crippen LogP contribution < -0.4 is 11.1 Å². The van der Waals surface area contributed by atoms with Gasteiger partial charge in [0.15, 0.2) is 0 Å². The third-order valence-electron chi connectivity index (χ3n) is 5.70. The van der Waals surface area contributed by atoms with E-state index >= 15 is 0 Å². The molecule has 0 bridgehead atoms. The summed E-state index contributed by atoms with van der Waals surface area (Å²) in [5.41, 5.74) is 7.28. The molecule has 1 unspecified atom stereocenters. The Morgan fingerprint density at radius 2 is 1.74 bits per heavy atom. The first-order valence-electron chi connectivity index (χ1n) is 10.8.